The zero-order valence-electron chi connectivity index (χ0n) is 18.2. The molecule has 1 amide bonds. The van der Waals surface area contributed by atoms with Crippen LogP contribution in [0, 0.1) is 11.8 Å². The Kier molecular flexibility index (Phi) is 5.64. The first-order valence-corrected chi connectivity index (χ1v) is 11.9. The van der Waals surface area contributed by atoms with Gasteiger partial charge in [-0.1, -0.05) is 42.5 Å². The number of amides is 1. The molecule has 30 heavy (non-hydrogen) atoms. The van der Waals surface area contributed by atoms with Crippen LogP contribution >= 0.6 is 0 Å². The molecule has 2 aromatic rings. The molecule has 0 radical (unpaired) electrons. The van der Waals surface area contributed by atoms with E-state index in [0.717, 1.165) is 31.1 Å². The minimum absolute atomic E-state index is 0.204. The van der Waals surface area contributed by atoms with Crippen LogP contribution in [-0.2, 0) is 6.42 Å². The van der Waals surface area contributed by atoms with Gasteiger partial charge in [0.1, 0.15) is 0 Å². The summed E-state index contributed by atoms with van der Waals surface area (Å²) in [4.78, 5) is 17.6. The third-order valence-electron chi connectivity index (χ3n) is 7.95. The summed E-state index contributed by atoms with van der Waals surface area (Å²) in [6.07, 6.45) is 6.39. The lowest BCUT2D eigenvalue weighted by atomic mass is 9.86. The van der Waals surface area contributed by atoms with E-state index in [1.807, 2.05) is 30.3 Å². The Hall–Kier alpha value is -2.13. The van der Waals surface area contributed by atoms with Crippen LogP contribution in [0.5, 0.6) is 0 Å². The third kappa shape index (κ3) is 3.92. The van der Waals surface area contributed by atoms with Crippen LogP contribution in [0.25, 0.3) is 0 Å². The number of hydrogen-bond acceptors (Lipinski definition) is 2. The fraction of sp³-hybridized carbons (Fsp3) is 0.519. The maximum Gasteiger partial charge on any atom is 0.253 e. The second-order valence-electron chi connectivity index (χ2n) is 9.70. The number of nitrogens with zero attached hydrogens (tertiary/aromatic N) is 2. The van der Waals surface area contributed by atoms with Gasteiger partial charge in [-0.2, -0.15) is 0 Å². The molecule has 3 heteroatoms. The van der Waals surface area contributed by atoms with E-state index in [2.05, 4.69) is 41.0 Å². The highest BCUT2D eigenvalue weighted by Gasteiger charge is 2.44. The lowest BCUT2D eigenvalue weighted by Gasteiger charge is -2.22. The minimum atomic E-state index is 0.204. The van der Waals surface area contributed by atoms with E-state index in [1.54, 1.807) is 0 Å². The zero-order valence-corrected chi connectivity index (χ0v) is 18.2. The summed E-state index contributed by atoms with van der Waals surface area (Å²) in [5.41, 5.74) is 3.76. The molecule has 2 aromatic carbocycles. The molecule has 0 aromatic heterocycles. The number of rotatable bonds is 5. The highest BCUT2D eigenvalue weighted by atomic mass is 16.2. The summed E-state index contributed by atoms with van der Waals surface area (Å²) in [5.74, 6) is 2.10. The van der Waals surface area contributed by atoms with Gasteiger partial charge < -0.3 is 9.80 Å². The number of fused-ring (bicyclic) bond motifs is 1. The molecule has 4 unspecified atom stereocenters. The Morgan fingerprint density at radius 3 is 2.50 bits per heavy atom. The van der Waals surface area contributed by atoms with Gasteiger partial charge in [0.2, 0.25) is 0 Å². The van der Waals surface area contributed by atoms with Crippen molar-refractivity contribution in [1.29, 1.82) is 0 Å². The van der Waals surface area contributed by atoms with E-state index in [4.69, 9.17) is 0 Å². The van der Waals surface area contributed by atoms with Crippen LogP contribution in [0.4, 0.5) is 0 Å². The second-order valence-corrected chi connectivity index (χ2v) is 9.70. The first kappa shape index (κ1) is 19.8. The first-order valence-electron chi connectivity index (χ1n) is 11.9. The number of benzene rings is 2. The molecule has 1 aliphatic carbocycles. The Balaban J connectivity index is 1.21. The van der Waals surface area contributed by atoms with Gasteiger partial charge in [0, 0.05) is 31.2 Å². The predicted octanol–water partition coefficient (Wildman–Crippen LogP) is 4.98. The predicted molar refractivity (Wildman–Crippen MR) is 122 cm³/mol. The molecule has 1 saturated carbocycles. The first-order chi connectivity index (χ1) is 14.7. The maximum atomic E-state index is 12.9. The average molecular weight is 403 g/mol. The molecule has 2 heterocycles. The third-order valence-corrected chi connectivity index (χ3v) is 7.95. The van der Waals surface area contributed by atoms with E-state index in [-0.39, 0.29) is 5.91 Å². The van der Waals surface area contributed by atoms with E-state index >= 15 is 0 Å². The number of hydrogen-bond donors (Lipinski definition) is 0. The molecule has 0 spiro atoms. The lowest BCUT2D eigenvalue weighted by Crippen LogP contribution is -2.30. The molecule has 3 aliphatic rings. The summed E-state index contributed by atoms with van der Waals surface area (Å²) in [6, 6.07) is 20.0. The van der Waals surface area contributed by atoms with Crippen molar-refractivity contribution >= 4 is 5.91 Å². The Bertz CT molecular complexity index is 862. The van der Waals surface area contributed by atoms with Gasteiger partial charge in [0.05, 0.1) is 0 Å². The van der Waals surface area contributed by atoms with Crippen molar-refractivity contribution in [2.45, 2.75) is 51.0 Å². The summed E-state index contributed by atoms with van der Waals surface area (Å²) in [6.45, 7) is 6.66. The second kappa shape index (κ2) is 8.55. The highest BCUT2D eigenvalue weighted by molar-refractivity contribution is 5.94. The van der Waals surface area contributed by atoms with Gasteiger partial charge >= 0.3 is 0 Å². The molecule has 158 valence electrons. The van der Waals surface area contributed by atoms with Crippen LogP contribution in [-0.4, -0.2) is 47.9 Å². The van der Waals surface area contributed by atoms with Gasteiger partial charge in [-0.25, -0.2) is 0 Å². The highest BCUT2D eigenvalue weighted by Crippen LogP contribution is 2.47. The molecule has 0 bridgehead atoms. The molecule has 0 N–H and O–H groups in total. The number of carbonyl (C=O) groups excluding carboxylic acids is 1. The van der Waals surface area contributed by atoms with E-state index in [9.17, 15) is 4.79 Å². The van der Waals surface area contributed by atoms with Crippen molar-refractivity contribution in [3.63, 3.8) is 0 Å². The molecule has 5 rings (SSSR count). The van der Waals surface area contributed by atoms with E-state index in [1.165, 1.54) is 49.9 Å². The van der Waals surface area contributed by atoms with Crippen LogP contribution in [0.1, 0.15) is 60.0 Å². The summed E-state index contributed by atoms with van der Waals surface area (Å²) in [7, 11) is 0. The molecule has 4 atom stereocenters. The van der Waals surface area contributed by atoms with Gasteiger partial charge in [-0.05, 0) is 86.6 Å². The molecule has 2 aliphatic heterocycles. The smallest absolute Gasteiger partial charge is 0.253 e. The van der Waals surface area contributed by atoms with Crippen molar-refractivity contribution < 1.29 is 4.79 Å². The molecule has 2 saturated heterocycles. The molecule has 3 fully saturated rings. The lowest BCUT2D eigenvalue weighted by molar-refractivity contribution is 0.0779. The average Bonchev–Trinajstić information content (AvgIpc) is 3.49. The standard InChI is InChI=1S/C27H34N2O/c1-20-6-5-16-28(20)17-15-21-9-11-22(12-10-21)25-14-13-24-18-29(19-26(24)25)27(30)23-7-3-2-4-8-23/h2-4,7-12,20,24-26H,5-6,13-19H2,1H3. The normalized spacial score (nSPS) is 28.8. The van der Waals surface area contributed by atoms with Crippen molar-refractivity contribution in [2.75, 3.05) is 26.2 Å². The number of likely N-dealkylation sites (tertiary alicyclic amines) is 2. The van der Waals surface area contributed by atoms with Gasteiger partial charge in [-0.15, -0.1) is 0 Å². The molecular formula is C27H34N2O. The fourth-order valence-corrected chi connectivity index (χ4v) is 6.14. The van der Waals surface area contributed by atoms with Crippen molar-refractivity contribution in [3.8, 4) is 0 Å². The van der Waals surface area contributed by atoms with E-state index in [0.29, 0.717) is 17.8 Å². The van der Waals surface area contributed by atoms with Crippen LogP contribution < -0.4 is 0 Å². The van der Waals surface area contributed by atoms with Crippen molar-refractivity contribution in [2.24, 2.45) is 11.8 Å². The molecule has 3 nitrogen and oxygen atoms in total. The maximum absolute atomic E-state index is 12.9. The van der Waals surface area contributed by atoms with Crippen molar-refractivity contribution in [1.82, 2.24) is 9.80 Å². The number of carbonyl (C=O) groups is 1. The minimum Gasteiger partial charge on any atom is -0.338 e. The Labute approximate surface area is 181 Å². The fourth-order valence-electron chi connectivity index (χ4n) is 6.14. The van der Waals surface area contributed by atoms with Crippen LogP contribution in [0.2, 0.25) is 0 Å². The van der Waals surface area contributed by atoms with E-state index < -0.39 is 0 Å². The monoisotopic (exact) mass is 402 g/mol. The Morgan fingerprint density at radius 2 is 1.77 bits per heavy atom. The van der Waals surface area contributed by atoms with Crippen LogP contribution in [0.3, 0.4) is 0 Å². The van der Waals surface area contributed by atoms with Gasteiger partial charge in [-0.3, -0.25) is 4.79 Å². The van der Waals surface area contributed by atoms with Crippen LogP contribution in [0.15, 0.2) is 54.6 Å². The molecular weight excluding hydrogens is 368 g/mol. The summed E-state index contributed by atoms with van der Waals surface area (Å²) >= 11 is 0. The zero-order chi connectivity index (χ0) is 20.5. The van der Waals surface area contributed by atoms with Gasteiger partial charge in [0.15, 0.2) is 0 Å². The topological polar surface area (TPSA) is 23.6 Å². The summed E-state index contributed by atoms with van der Waals surface area (Å²) in [5, 5.41) is 0. The quantitative estimate of drug-likeness (QED) is 0.704. The SMILES string of the molecule is CC1CCCN1CCc1ccc(C2CCC3CN(C(=O)c4ccccc4)CC32)cc1. The summed E-state index contributed by atoms with van der Waals surface area (Å²) < 4.78 is 0. The van der Waals surface area contributed by atoms with Gasteiger partial charge in [0.25, 0.3) is 5.91 Å². The Morgan fingerprint density at radius 1 is 0.967 bits per heavy atom. The largest absolute Gasteiger partial charge is 0.338 e. The van der Waals surface area contributed by atoms with Crippen molar-refractivity contribution in [3.05, 3.63) is 71.3 Å².